The van der Waals surface area contributed by atoms with Crippen molar-refractivity contribution in [1.82, 2.24) is 4.98 Å². The van der Waals surface area contributed by atoms with E-state index in [1.807, 2.05) is 6.92 Å². The van der Waals surface area contributed by atoms with Gasteiger partial charge in [0.25, 0.3) is 0 Å². The lowest BCUT2D eigenvalue weighted by Gasteiger charge is -1.98. The maximum Gasteiger partial charge on any atom is 0.248 e. The lowest BCUT2D eigenvalue weighted by atomic mass is 10.2. The Kier molecular flexibility index (Phi) is 1.87. The van der Waals surface area contributed by atoms with Crippen LogP contribution in [0.15, 0.2) is 17.1 Å². The topological polar surface area (TPSA) is 58.9 Å². The Morgan fingerprint density at radius 3 is 2.90 bits per heavy atom. The van der Waals surface area contributed by atoms with Gasteiger partial charge in [-0.2, -0.15) is 0 Å². The molecule has 0 aromatic carbocycles. The molecular formula is C7H10N2O. The van der Waals surface area contributed by atoms with Crippen molar-refractivity contribution in [1.29, 1.82) is 0 Å². The zero-order chi connectivity index (χ0) is 7.56. The lowest BCUT2D eigenvalue weighted by molar-refractivity contribution is 1.02. The Balaban J connectivity index is 3.22. The van der Waals surface area contributed by atoms with Crippen molar-refractivity contribution in [3.8, 4) is 0 Å². The lowest BCUT2D eigenvalue weighted by Crippen LogP contribution is -2.09. The number of aromatic amines is 1. The highest BCUT2D eigenvalue weighted by atomic mass is 16.1. The van der Waals surface area contributed by atoms with Gasteiger partial charge < -0.3 is 10.7 Å². The first kappa shape index (κ1) is 7.02. The SMILES string of the molecule is Cc1c[nH]c(=O)cc1CN. The van der Waals surface area contributed by atoms with Crippen molar-refractivity contribution in [2.24, 2.45) is 5.73 Å². The van der Waals surface area contributed by atoms with Gasteiger partial charge in [0.15, 0.2) is 0 Å². The molecule has 54 valence electrons. The predicted octanol–water partition coefficient (Wildman–Crippen LogP) is 0.142. The summed E-state index contributed by atoms with van der Waals surface area (Å²) < 4.78 is 0. The summed E-state index contributed by atoms with van der Waals surface area (Å²) in [4.78, 5) is 13.3. The van der Waals surface area contributed by atoms with E-state index in [9.17, 15) is 4.79 Å². The molecule has 0 radical (unpaired) electrons. The van der Waals surface area contributed by atoms with Crippen molar-refractivity contribution in [2.75, 3.05) is 0 Å². The molecule has 0 aliphatic carbocycles. The fraction of sp³-hybridized carbons (Fsp3) is 0.286. The number of H-pyrrole nitrogens is 1. The van der Waals surface area contributed by atoms with Crippen LogP contribution in [0.3, 0.4) is 0 Å². The molecule has 3 N–H and O–H groups in total. The van der Waals surface area contributed by atoms with Crippen LogP contribution >= 0.6 is 0 Å². The Morgan fingerprint density at radius 2 is 2.40 bits per heavy atom. The van der Waals surface area contributed by atoms with Gasteiger partial charge >= 0.3 is 0 Å². The highest BCUT2D eigenvalue weighted by Crippen LogP contribution is 1.99. The summed E-state index contributed by atoms with van der Waals surface area (Å²) in [6, 6.07) is 1.52. The van der Waals surface area contributed by atoms with Gasteiger partial charge in [-0.25, -0.2) is 0 Å². The molecule has 0 aliphatic heterocycles. The van der Waals surface area contributed by atoms with Crippen LogP contribution in [0.25, 0.3) is 0 Å². The molecule has 0 spiro atoms. The number of aryl methyl sites for hydroxylation is 1. The average Bonchev–Trinajstić information content (AvgIpc) is 1.94. The summed E-state index contributed by atoms with van der Waals surface area (Å²) in [7, 11) is 0. The first-order chi connectivity index (χ1) is 4.74. The number of aromatic nitrogens is 1. The summed E-state index contributed by atoms with van der Waals surface area (Å²) >= 11 is 0. The fourth-order valence-corrected chi connectivity index (χ4v) is 0.806. The smallest absolute Gasteiger partial charge is 0.248 e. The van der Waals surface area contributed by atoms with Gasteiger partial charge in [-0.1, -0.05) is 0 Å². The third-order valence-corrected chi connectivity index (χ3v) is 1.46. The monoisotopic (exact) mass is 138 g/mol. The molecule has 1 rings (SSSR count). The molecule has 0 atom stereocenters. The van der Waals surface area contributed by atoms with E-state index < -0.39 is 0 Å². The molecule has 0 aliphatic rings. The second-order valence-electron chi connectivity index (χ2n) is 2.21. The molecule has 0 fully saturated rings. The number of nitrogens with two attached hydrogens (primary N) is 1. The Hall–Kier alpha value is -1.09. The van der Waals surface area contributed by atoms with Crippen LogP contribution in [0.2, 0.25) is 0 Å². The Labute approximate surface area is 58.9 Å². The van der Waals surface area contributed by atoms with E-state index in [0.717, 1.165) is 11.1 Å². The van der Waals surface area contributed by atoms with E-state index in [2.05, 4.69) is 4.98 Å². The highest BCUT2D eigenvalue weighted by molar-refractivity contribution is 5.20. The number of hydrogen-bond acceptors (Lipinski definition) is 2. The first-order valence-electron chi connectivity index (χ1n) is 3.12. The van der Waals surface area contributed by atoms with Crippen LogP contribution in [0.5, 0.6) is 0 Å². The maximum absolute atomic E-state index is 10.7. The molecule has 1 heterocycles. The summed E-state index contributed by atoms with van der Waals surface area (Å²) in [6.07, 6.45) is 1.67. The molecular weight excluding hydrogens is 128 g/mol. The molecule has 3 heteroatoms. The van der Waals surface area contributed by atoms with E-state index in [1.165, 1.54) is 6.07 Å². The van der Waals surface area contributed by atoms with Gasteiger partial charge in [-0.15, -0.1) is 0 Å². The average molecular weight is 138 g/mol. The van der Waals surface area contributed by atoms with Crippen LogP contribution in [-0.4, -0.2) is 4.98 Å². The molecule has 0 unspecified atom stereocenters. The van der Waals surface area contributed by atoms with Crippen LogP contribution in [-0.2, 0) is 6.54 Å². The second-order valence-corrected chi connectivity index (χ2v) is 2.21. The van der Waals surface area contributed by atoms with Gasteiger partial charge in [-0.3, -0.25) is 4.79 Å². The summed E-state index contributed by atoms with van der Waals surface area (Å²) in [5, 5.41) is 0. The number of hydrogen-bond donors (Lipinski definition) is 2. The Morgan fingerprint density at radius 1 is 1.70 bits per heavy atom. The quantitative estimate of drug-likeness (QED) is 0.580. The molecule has 0 bridgehead atoms. The minimum absolute atomic E-state index is 0.0916. The molecule has 0 saturated heterocycles. The van der Waals surface area contributed by atoms with Crippen LogP contribution < -0.4 is 11.3 Å². The zero-order valence-electron chi connectivity index (χ0n) is 5.85. The minimum atomic E-state index is -0.0916. The molecule has 0 saturated carbocycles. The van der Waals surface area contributed by atoms with E-state index in [-0.39, 0.29) is 5.56 Å². The van der Waals surface area contributed by atoms with E-state index >= 15 is 0 Å². The number of rotatable bonds is 1. The third-order valence-electron chi connectivity index (χ3n) is 1.46. The molecule has 0 amide bonds. The standard InChI is InChI=1S/C7H10N2O/c1-5-4-9-7(10)2-6(5)3-8/h2,4H,3,8H2,1H3,(H,9,10). The summed E-state index contributed by atoms with van der Waals surface area (Å²) in [5.41, 5.74) is 7.21. The van der Waals surface area contributed by atoms with E-state index in [0.29, 0.717) is 6.54 Å². The zero-order valence-corrected chi connectivity index (χ0v) is 5.85. The van der Waals surface area contributed by atoms with Crippen molar-refractivity contribution in [2.45, 2.75) is 13.5 Å². The van der Waals surface area contributed by atoms with Crippen molar-refractivity contribution >= 4 is 0 Å². The number of pyridine rings is 1. The Bertz CT molecular complexity index is 277. The summed E-state index contributed by atoms with van der Waals surface area (Å²) in [6.45, 7) is 2.34. The fourth-order valence-electron chi connectivity index (χ4n) is 0.806. The minimum Gasteiger partial charge on any atom is -0.329 e. The van der Waals surface area contributed by atoms with Gasteiger partial charge in [0.05, 0.1) is 0 Å². The predicted molar refractivity (Wildman–Crippen MR) is 39.7 cm³/mol. The van der Waals surface area contributed by atoms with Gasteiger partial charge in [0.2, 0.25) is 5.56 Å². The van der Waals surface area contributed by atoms with Gasteiger partial charge in [0.1, 0.15) is 0 Å². The third kappa shape index (κ3) is 1.25. The second kappa shape index (κ2) is 2.66. The van der Waals surface area contributed by atoms with Crippen LogP contribution in [0, 0.1) is 6.92 Å². The van der Waals surface area contributed by atoms with E-state index in [1.54, 1.807) is 6.20 Å². The van der Waals surface area contributed by atoms with Gasteiger partial charge in [0, 0.05) is 18.8 Å². The normalized spacial score (nSPS) is 9.80. The van der Waals surface area contributed by atoms with Gasteiger partial charge in [-0.05, 0) is 18.1 Å². The van der Waals surface area contributed by atoms with Crippen molar-refractivity contribution in [3.05, 3.63) is 33.7 Å². The summed E-state index contributed by atoms with van der Waals surface area (Å²) in [5.74, 6) is 0. The van der Waals surface area contributed by atoms with Crippen LogP contribution in [0.1, 0.15) is 11.1 Å². The molecule has 10 heavy (non-hydrogen) atoms. The van der Waals surface area contributed by atoms with E-state index in [4.69, 9.17) is 5.73 Å². The molecule has 1 aromatic heterocycles. The molecule has 3 nitrogen and oxygen atoms in total. The highest BCUT2D eigenvalue weighted by Gasteiger charge is 1.94. The first-order valence-corrected chi connectivity index (χ1v) is 3.12. The van der Waals surface area contributed by atoms with Crippen LogP contribution in [0.4, 0.5) is 0 Å². The number of nitrogens with one attached hydrogen (secondary N) is 1. The molecule has 1 aromatic rings. The van der Waals surface area contributed by atoms with Crippen molar-refractivity contribution in [3.63, 3.8) is 0 Å². The van der Waals surface area contributed by atoms with Crippen molar-refractivity contribution < 1.29 is 0 Å². The maximum atomic E-state index is 10.7. The largest absolute Gasteiger partial charge is 0.329 e.